The number of rotatable bonds is 5. The van der Waals surface area contributed by atoms with Gasteiger partial charge in [0.15, 0.2) is 0 Å². The molecule has 3 aromatic carbocycles. The molecule has 0 radical (unpaired) electrons. The molecule has 148 valence electrons. The van der Waals surface area contributed by atoms with Gasteiger partial charge in [-0.2, -0.15) is 0 Å². The third-order valence-corrected chi connectivity index (χ3v) is 5.63. The van der Waals surface area contributed by atoms with E-state index >= 15 is 0 Å². The molecule has 5 nitrogen and oxygen atoms in total. The Morgan fingerprint density at radius 1 is 0.833 bits per heavy atom. The number of nitrogens with two attached hydrogens (primary N) is 1. The SMILES string of the molecule is NCCCn1cc(C2=C(c3ccc4ccccc4c3)C(=O)NC2=O)c2ccccc21. The molecule has 0 atom stereocenters. The van der Waals surface area contributed by atoms with E-state index in [1.54, 1.807) is 0 Å². The Balaban J connectivity index is 1.75. The summed E-state index contributed by atoms with van der Waals surface area (Å²) < 4.78 is 2.11. The van der Waals surface area contributed by atoms with Gasteiger partial charge in [-0.3, -0.25) is 14.9 Å². The van der Waals surface area contributed by atoms with Crippen LogP contribution in [0.5, 0.6) is 0 Å². The first-order valence-electron chi connectivity index (χ1n) is 10.0. The molecular formula is C25H21N3O2. The van der Waals surface area contributed by atoms with Crippen LogP contribution in [-0.4, -0.2) is 22.9 Å². The first-order valence-corrected chi connectivity index (χ1v) is 10.0. The van der Waals surface area contributed by atoms with Crippen molar-refractivity contribution in [3.05, 3.63) is 84.1 Å². The molecule has 3 N–H and O–H groups in total. The average Bonchev–Trinajstić information content (AvgIpc) is 3.28. The normalized spacial score (nSPS) is 14.2. The van der Waals surface area contributed by atoms with Crippen LogP contribution in [0.25, 0.3) is 32.8 Å². The highest BCUT2D eigenvalue weighted by Crippen LogP contribution is 2.36. The highest BCUT2D eigenvalue weighted by molar-refractivity contribution is 6.50. The number of nitrogens with zero attached hydrogens (tertiary/aromatic N) is 1. The van der Waals surface area contributed by atoms with Gasteiger partial charge in [-0.15, -0.1) is 0 Å². The quantitative estimate of drug-likeness (QED) is 0.506. The van der Waals surface area contributed by atoms with Crippen molar-refractivity contribution in [2.75, 3.05) is 6.54 Å². The standard InChI is InChI=1S/C25H21N3O2/c26-12-5-13-28-15-20(19-8-3-4-9-21(19)28)23-22(24(29)27-25(23)30)18-11-10-16-6-1-2-7-17(16)14-18/h1-4,6-11,14-15H,5,12-13,26H2,(H,27,29,30). The van der Waals surface area contributed by atoms with Crippen molar-refractivity contribution in [1.82, 2.24) is 9.88 Å². The Labute approximate surface area is 173 Å². The Bertz CT molecular complexity index is 1350. The van der Waals surface area contributed by atoms with Crippen molar-refractivity contribution < 1.29 is 9.59 Å². The summed E-state index contributed by atoms with van der Waals surface area (Å²) in [4.78, 5) is 25.7. The predicted molar refractivity (Wildman–Crippen MR) is 120 cm³/mol. The molecule has 2 amide bonds. The second kappa shape index (κ2) is 7.28. The monoisotopic (exact) mass is 395 g/mol. The van der Waals surface area contributed by atoms with Gasteiger partial charge in [0.05, 0.1) is 11.1 Å². The number of hydrogen-bond donors (Lipinski definition) is 2. The molecule has 5 rings (SSSR count). The van der Waals surface area contributed by atoms with E-state index in [-0.39, 0.29) is 11.8 Å². The summed E-state index contributed by atoms with van der Waals surface area (Å²) in [6, 6.07) is 21.8. The number of benzene rings is 3. The number of aryl methyl sites for hydroxylation is 1. The number of hydrogen-bond acceptors (Lipinski definition) is 3. The van der Waals surface area contributed by atoms with Gasteiger partial charge in [-0.05, 0) is 41.4 Å². The van der Waals surface area contributed by atoms with Gasteiger partial charge in [0, 0.05) is 29.2 Å². The number of fused-ring (bicyclic) bond motifs is 2. The minimum atomic E-state index is -0.357. The molecule has 0 fully saturated rings. The van der Waals surface area contributed by atoms with Crippen molar-refractivity contribution in [3.8, 4) is 0 Å². The maximum Gasteiger partial charge on any atom is 0.259 e. The van der Waals surface area contributed by atoms with E-state index in [0.717, 1.165) is 45.8 Å². The van der Waals surface area contributed by atoms with E-state index in [9.17, 15) is 9.59 Å². The van der Waals surface area contributed by atoms with Gasteiger partial charge in [0.25, 0.3) is 11.8 Å². The Morgan fingerprint density at radius 2 is 1.57 bits per heavy atom. The van der Waals surface area contributed by atoms with Crippen molar-refractivity contribution in [3.63, 3.8) is 0 Å². The van der Waals surface area contributed by atoms with Gasteiger partial charge in [-0.25, -0.2) is 0 Å². The third-order valence-electron chi connectivity index (χ3n) is 5.63. The fourth-order valence-electron chi connectivity index (χ4n) is 4.23. The Kier molecular flexibility index (Phi) is 4.45. The second-order valence-corrected chi connectivity index (χ2v) is 7.49. The van der Waals surface area contributed by atoms with Crippen LogP contribution in [0.2, 0.25) is 0 Å². The van der Waals surface area contributed by atoms with Gasteiger partial charge in [0.1, 0.15) is 0 Å². The molecule has 0 spiro atoms. The zero-order valence-electron chi connectivity index (χ0n) is 16.4. The lowest BCUT2D eigenvalue weighted by Gasteiger charge is -2.06. The van der Waals surface area contributed by atoms with Crippen LogP contribution in [0.4, 0.5) is 0 Å². The van der Waals surface area contributed by atoms with Crippen LogP contribution in [0, 0.1) is 0 Å². The molecule has 1 aliphatic rings. The van der Waals surface area contributed by atoms with Gasteiger partial charge in [-0.1, -0.05) is 54.6 Å². The molecular weight excluding hydrogens is 374 g/mol. The minimum Gasteiger partial charge on any atom is -0.347 e. The Hall–Kier alpha value is -3.70. The van der Waals surface area contributed by atoms with Crippen molar-refractivity contribution in [2.24, 2.45) is 5.73 Å². The van der Waals surface area contributed by atoms with Crippen molar-refractivity contribution in [2.45, 2.75) is 13.0 Å². The van der Waals surface area contributed by atoms with E-state index < -0.39 is 0 Å². The summed E-state index contributed by atoms with van der Waals surface area (Å²) in [5.41, 5.74) is 9.09. The molecule has 5 heteroatoms. The Morgan fingerprint density at radius 3 is 2.40 bits per heavy atom. The lowest BCUT2D eigenvalue weighted by Crippen LogP contribution is -2.22. The molecule has 0 unspecified atom stereocenters. The molecule has 0 saturated heterocycles. The minimum absolute atomic E-state index is 0.357. The van der Waals surface area contributed by atoms with E-state index in [2.05, 4.69) is 9.88 Å². The number of para-hydroxylation sites is 1. The van der Waals surface area contributed by atoms with Crippen molar-refractivity contribution >= 4 is 44.6 Å². The molecule has 1 aliphatic heterocycles. The zero-order valence-corrected chi connectivity index (χ0v) is 16.4. The topological polar surface area (TPSA) is 77.1 Å². The fraction of sp³-hybridized carbons (Fsp3) is 0.120. The number of imide groups is 1. The van der Waals surface area contributed by atoms with Crippen LogP contribution >= 0.6 is 0 Å². The maximum atomic E-state index is 12.9. The van der Waals surface area contributed by atoms with Gasteiger partial charge in [0.2, 0.25) is 0 Å². The fourth-order valence-corrected chi connectivity index (χ4v) is 4.23. The number of nitrogens with one attached hydrogen (secondary N) is 1. The number of carbonyl (C=O) groups excluding carboxylic acids is 2. The van der Waals surface area contributed by atoms with Gasteiger partial charge >= 0.3 is 0 Å². The summed E-state index contributed by atoms with van der Waals surface area (Å²) >= 11 is 0. The molecule has 0 aliphatic carbocycles. The lowest BCUT2D eigenvalue weighted by atomic mass is 9.94. The summed E-state index contributed by atoms with van der Waals surface area (Å²) in [5, 5.41) is 5.57. The highest BCUT2D eigenvalue weighted by atomic mass is 16.2. The molecule has 2 heterocycles. The van der Waals surface area contributed by atoms with E-state index in [4.69, 9.17) is 5.73 Å². The lowest BCUT2D eigenvalue weighted by molar-refractivity contribution is -0.122. The smallest absolute Gasteiger partial charge is 0.259 e. The molecule has 0 saturated carbocycles. The predicted octanol–water partition coefficient (Wildman–Crippen LogP) is 3.71. The third kappa shape index (κ3) is 2.91. The molecule has 1 aromatic heterocycles. The first-order chi connectivity index (χ1) is 14.7. The second-order valence-electron chi connectivity index (χ2n) is 7.49. The largest absolute Gasteiger partial charge is 0.347 e. The maximum absolute atomic E-state index is 12.9. The molecule has 30 heavy (non-hydrogen) atoms. The van der Waals surface area contributed by atoms with E-state index in [0.29, 0.717) is 17.7 Å². The van der Waals surface area contributed by atoms with E-state index in [1.807, 2.05) is 72.9 Å². The van der Waals surface area contributed by atoms with Gasteiger partial charge < -0.3 is 10.3 Å². The number of carbonyl (C=O) groups is 2. The van der Waals surface area contributed by atoms with Crippen LogP contribution in [-0.2, 0) is 16.1 Å². The summed E-state index contributed by atoms with van der Waals surface area (Å²) in [6.45, 7) is 1.34. The summed E-state index contributed by atoms with van der Waals surface area (Å²) in [5.74, 6) is -0.714. The average molecular weight is 395 g/mol. The molecule has 0 bridgehead atoms. The van der Waals surface area contributed by atoms with Crippen molar-refractivity contribution in [1.29, 1.82) is 0 Å². The summed E-state index contributed by atoms with van der Waals surface area (Å²) in [6.07, 6.45) is 2.80. The summed E-state index contributed by atoms with van der Waals surface area (Å²) in [7, 11) is 0. The van der Waals surface area contributed by atoms with E-state index in [1.165, 1.54) is 0 Å². The number of amides is 2. The van der Waals surface area contributed by atoms with Crippen LogP contribution < -0.4 is 11.1 Å². The zero-order chi connectivity index (χ0) is 20.7. The van der Waals surface area contributed by atoms with Crippen LogP contribution in [0.1, 0.15) is 17.5 Å². The number of aromatic nitrogens is 1. The first kappa shape index (κ1) is 18.3. The highest BCUT2D eigenvalue weighted by Gasteiger charge is 2.33. The van der Waals surface area contributed by atoms with Crippen LogP contribution in [0.15, 0.2) is 72.9 Å². The molecule has 4 aromatic rings. The van der Waals surface area contributed by atoms with Crippen LogP contribution in [0.3, 0.4) is 0 Å².